The topological polar surface area (TPSA) is 42.2 Å². The van der Waals surface area contributed by atoms with Crippen molar-refractivity contribution in [2.45, 2.75) is 37.6 Å². The van der Waals surface area contributed by atoms with Crippen molar-refractivity contribution < 1.29 is 9.90 Å². The number of para-hydroxylation sites is 1. The van der Waals surface area contributed by atoms with Crippen LogP contribution in [0.5, 0.6) is 0 Å². The lowest BCUT2D eigenvalue weighted by Crippen LogP contribution is -2.06. The first-order valence-corrected chi connectivity index (χ1v) is 11.2. The molecule has 1 N–H and O–H groups in total. The van der Waals surface area contributed by atoms with E-state index in [1.54, 1.807) is 11.8 Å². The van der Waals surface area contributed by atoms with Crippen LogP contribution in [0.25, 0.3) is 21.8 Å². The fourth-order valence-corrected chi connectivity index (χ4v) is 5.08. The number of thioether (sulfide) groups is 1. The van der Waals surface area contributed by atoms with E-state index in [-0.39, 0.29) is 6.42 Å². The number of benzene rings is 3. The number of carboxylic acids is 1. The van der Waals surface area contributed by atoms with E-state index in [0.717, 1.165) is 29.8 Å². The van der Waals surface area contributed by atoms with Crippen LogP contribution in [0.2, 0.25) is 0 Å². The monoisotopic (exact) mass is 403 g/mol. The fraction of sp³-hybridized carbons (Fsp3) is 0.240. The molecule has 0 bridgehead atoms. The maximum Gasteiger partial charge on any atom is 0.307 e. The maximum absolute atomic E-state index is 11.6. The maximum atomic E-state index is 11.6. The smallest absolute Gasteiger partial charge is 0.307 e. The molecule has 0 saturated heterocycles. The van der Waals surface area contributed by atoms with Gasteiger partial charge in [0, 0.05) is 27.7 Å². The predicted octanol–water partition coefficient (Wildman–Crippen LogP) is 6.14. The summed E-state index contributed by atoms with van der Waals surface area (Å²) in [6.45, 7) is 2.94. The van der Waals surface area contributed by atoms with Crippen LogP contribution >= 0.6 is 11.8 Å². The van der Waals surface area contributed by atoms with Gasteiger partial charge in [0.05, 0.1) is 11.9 Å². The zero-order valence-electron chi connectivity index (χ0n) is 16.8. The van der Waals surface area contributed by atoms with E-state index in [2.05, 4.69) is 66.1 Å². The number of aryl methyl sites for hydroxylation is 1. The van der Waals surface area contributed by atoms with Crippen LogP contribution in [0.15, 0.2) is 65.6 Å². The molecule has 0 unspecified atom stereocenters. The SMILES string of the molecule is CCCc1cc(CC(=O)O)c(SC)c2c1c1ccccc1n2Cc1ccccc1. The molecule has 4 heteroatoms. The molecular formula is C25H25NO2S. The average Bonchev–Trinajstić information content (AvgIpc) is 3.03. The second kappa shape index (κ2) is 8.34. The summed E-state index contributed by atoms with van der Waals surface area (Å²) in [4.78, 5) is 12.7. The summed E-state index contributed by atoms with van der Waals surface area (Å²) in [5.41, 5.74) is 5.77. The van der Waals surface area contributed by atoms with Crippen LogP contribution in [-0.4, -0.2) is 21.9 Å². The van der Waals surface area contributed by atoms with Gasteiger partial charge in [-0.25, -0.2) is 0 Å². The number of carboxylic acid groups (broad SMARTS) is 1. The van der Waals surface area contributed by atoms with Crippen LogP contribution in [0.4, 0.5) is 0 Å². The van der Waals surface area contributed by atoms with Crippen molar-refractivity contribution >= 4 is 39.5 Å². The second-order valence-electron chi connectivity index (χ2n) is 7.36. The predicted molar refractivity (Wildman–Crippen MR) is 122 cm³/mol. The summed E-state index contributed by atoms with van der Waals surface area (Å²) in [7, 11) is 0. The number of aromatic nitrogens is 1. The van der Waals surface area contributed by atoms with E-state index in [1.165, 1.54) is 32.9 Å². The first-order chi connectivity index (χ1) is 14.1. The van der Waals surface area contributed by atoms with Gasteiger partial charge in [-0.3, -0.25) is 4.79 Å². The number of hydrogen-bond acceptors (Lipinski definition) is 2. The van der Waals surface area contributed by atoms with E-state index >= 15 is 0 Å². The van der Waals surface area contributed by atoms with Gasteiger partial charge in [0.1, 0.15) is 0 Å². The fourth-order valence-electron chi connectivity index (χ4n) is 4.28. The quantitative estimate of drug-likeness (QED) is 0.377. The minimum Gasteiger partial charge on any atom is -0.481 e. The third-order valence-electron chi connectivity index (χ3n) is 5.40. The highest BCUT2D eigenvalue weighted by molar-refractivity contribution is 7.98. The van der Waals surface area contributed by atoms with Crippen molar-refractivity contribution in [1.82, 2.24) is 4.57 Å². The van der Waals surface area contributed by atoms with Gasteiger partial charge in [-0.1, -0.05) is 67.9 Å². The minimum absolute atomic E-state index is 0.0513. The van der Waals surface area contributed by atoms with Crippen LogP contribution in [0, 0.1) is 0 Å². The molecule has 1 aromatic heterocycles. The van der Waals surface area contributed by atoms with Crippen molar-refractivity contribution in [3.8, 4) is 0 Å². The van der Waals surface area contributed by atoms with Gasteiger partial charge >= 0.3 is 5.97 Å². The Hall–Kier alpha value is -2.72. The zero-order valence-corrected chi connectivity index (χ0v) is 17.6. The molecule has 0 aliphatic heterocycles. The van der Waals surface area contributed by atoms with Gasteiger partial charge < -0.3 is 9.67 Å². The van der Waals surface area contributed by atoms with Gasteiger partial charge in [-0.15, -0.1) is 11.8 Å². The first kappa shape index (κ1) is 19.6. The third kappa shape index (κ3) is 3.65. The molecule has 0 amide bonds. The normalized spacial score (nSPS) is 11.4. The summed E-state index contributed by atoms with van der Waals surface area (Å²) >= 11 is 1.65. The van der Waals surface area contributed by atoms with Crippen molar-refractivity contribution in [2.24, 2.45) is 0 Å². The molecule has 0 spiro atoms. The molecule has 0 fully saturated rings. The standard InChI is InChI=1S/C25H25NO2S/c1-3-9-18-14-19(15-22(27)28)25(29-2)24-23(18)20-12-7-8-13-21(20)26(24)16-17-10-5-4-6-11-17/h4-8,10-14H,3,9,15-16H2,1-2H3,(H,27,28). The Bertz CT molecular complexity index is 1180. The Labute approximate surface area is 175 Å². The summed E-state index contributed by atoms with van der Waals surface area (Å²) < 4.78 is 2.37. The molecule has 1 heterocycles. The van der Waals surface area contributed by atoms with Crippen molar-refractivity contribution in [3.05, 3.63) is 77.4 Å². The number of hydrogen-bond donors (Lipinski definition) is 1. The Morgan fingerprint density at radius 2 is 1.76 bits per heavy atom. The highest BCUT2D eigenvalue weighted by atomic mass is 32.2. The second-order valence-corrected chi connectivity index (χ2v) is 8.18. The van der Waals surface area contributed by atoms with Gasteiger partial charge in [-0.2, -0.15) is 0 Å². The molecule has 0 radical (unpaired) electrons. The summed E-state index contributed by atoms with van der Waals surface area (Å²) in [6, 6.07) is 21.1. The van der Waals surface area contributed by atoms with Crippen LogP contribution in [0.3, 0.4) is 0 Å². The van der Waals surface area contributed by atoms with Crippen LogP contribution < -0.4 is 0 Å². The number of fused-ring (bicyclic) bond motifs is 3. The number of nitrogens with zero attached hydrogens (tertiary/aromatic N) is 1. The molecule has 0 atom stereocenters. The van der Waals surface area contributed by atoms with Gasteiger partial charge in [-0.05, 0) is 35.4 Å². The summed E-state index contributed by atoms with van der Waals surface area (Å²) in [6.07, 6.45) is 4.06. The molecule has 3 aromatic carbocycles. The van der Waals surface area contributed by atoms with E-state index in [0.29, 0.717) is 0 Å². The number of carbonyl (C=O) groups is 1. The average molecular weight is 404 g/mol. The molecule has 3 nitrogen and oxygen atoms in total. The lowest BCUT2D eigenvalue weighted by atomic mass is 9.98. The minimum atomic E-state index is -0.784. The van der Waals surface area contributed by atoms with Crippen LogP contribution in [0.1, 0.15) is 30.0 Å². The van der Waals surface area contributed by atoms with E-state index in [9.17, 15) is 9.90 Å². The molecule has 4 rings (SSSR count). The van der Waals surface area contributed by atoms with Crippen LogP contribution in [-0.2, 0) is 24.2 Å². The van der Waals surface area contributed by atoms with Gasteiger partial charge in [0.15, 0.2) is 0 Å². The van der Waals surface area contributed by atoms with E-state index < -0.39 is 5.97 Å². The Morgan fingerprint density at radius 1 is 1.03 bits per heavy atom. The molecule has 0 aliphatic rings. The molecule has 148 valence electrons. The third-order valence-corrected chi connectivity index (χ3v) is 6.26. The largest absolute Gasteiger partial charge is 0.481 e. The van der Waals surface area contributed by atoms with Crippen molar-refractivity contribution in [1.29, 1.82) is 0 Å². The lowest BCUT2D eigenvalue weighted by molar-refractivity contribution is -0.136. The number of aliphatic carboxylic acids is 1. The van der Waals surface area contributed by atoms with Gasteiger partial charge in [0.25, 0.3) is 0 Å². The van der Waals surface area contributed by atoms with E-state index in [4.69, 9.17) is 0 Å². The molecule has 4 aromatic rings. The summed E-state index contributed by atoms with van der Waals surface area (Å²) in [5.74, 6) is -0.784. The first-order valence-electron chi connectivity index (χ1n) is 9.99. The highest BCUT2D eigenvalue weighted by Crippen LogP contribution is 2.40. The Morgan fingerprint density at radius 3 is 2.45 bits per heavy atom. The lowest BCUT2D eigenvalue weighted by Gasteiger charge is -2.15. The van der Waals surface area contributed by atoms with Gasteiger partial charge in [0.2, 0.25) is 0 Å². The van der Waals surface area contributed by atoms with Crippen molar-refractivity contribution in [3.63, 3.8) is 0 Å². The zero-order chi connectivity index (χ0) is 20.4. The molecular weight excluding hydrogens is 378 g/mol. The Kier molecular flexibility index (Phi) is 5.63. The Balaban J connectivity index is 2.10. The van der Waals surface area contributed by atoms with Crippen molar-refractivity contribution in [2.75, 3.05) is 6.26 Å². The summed E-state index contributed by atoms with van der Waals surface area (Å²) in [5, 5.41) is 12.0. The van der Waals surface area contributed by atoms with E-state index in [1.807, 2.05) is 12.3 Å². The molecule has 29 heavy (non-hydrogen) atoms. The highest BCUT2D eigenvalue weighted by Gasteiger charge is 2.21. The molecule has 0 aliphatic carbocycles. The number of rotatable bonds is 7. The molecule has 0 saturated carbocycles.